The zero-order valence-electron chi connectivity index (χ0n) is 10.6. The van der Waals surface area contributed by atoms with Crippen molar-refractivity contribution in [3.63, 3.8) is 0 Å². The second kappa shape index (κ2) is 6.85. The maximum Gasteiger partial charge on any atom is 0.124 e. The van der Waals surface area contributed by atoms with Gasteiger partial charge >= 0.3 is 0 Å². The number of halogens is 2. The Bertz CT molecular complexity index is 540. The molecule has 0 aliphatic heterocycles. The van der Waals surface area contributed by atoms with Gasteiger partial charge in [-0.15, -0.1) is 0 Å². The van der Waals surface area contributed by atoms with Gasteiger partial charge in [-0.3, -0.25) is 0 Å². The zero-order valence-corrected chi connectivity index (χ0v) is 12.1. The first-order valence-electron chi connectivity index (χ1n) is 6.04. The lowest BCUT2D eigenvalue weighted by Gasteiger charge is -2.07. The molecule has 0 saturated heterocycles. The van der Waals surface area contributed by atoms with Crippen molar-refractivity contribution < 1.29 is 9.15 Å². The summed E-state index contributed by atoms with van der Waals surface area (Å²) in [6.07, 6.45) is 1.67. The molecule has 0 unspecified atom stereocenters. The van der Waals surface area contributed by atoms with E-state index in [9.17, 15) is 0 Å². The summed E-state index contributed by atoms with van der Waals surface area (Å²) < 4.78 is 11.1. The van der Waals surface area contributed by atoms with Crippen LogP contribution in [0.5, 0.6) is 5.75 Å². The summed E-state index contributed by atoms with van der Waals surface area (Å²) >= 11 is 11.8. The van der Waals surface area contributed by atoms with Gasteiger partial charge in [-0.25, -0.2) is 0 Å². The molecule has 3 nitrogen and oxygen atoms in total. The van der Waals surface area contributed by atoms with Gasteiger partial charge in [0.05, 0.1) is 22.9 Å². The minimum atomic E-state index is 0.440. The summed E-state index contributed by atoms with van der Waals surface area (Å²) in [5, 5.41) is 4.22. The predicted octanol–water partition coefficient (Wildman–Crippen LogP) is 4.27. The Morgan fingerprint density at radius 2 is 2.05 bits per heavy atom. The fourth-order valence-corrected chi connectivity index (χ4v) is 1.91. The average Bonchev–Trinajstić information content (AvgIpc) is 2.85. The van der Waals surface area contributed by atoms with E-state index in [4.69, 9.17) is 32.4 Å². The molecule has 1 N–H and O–H groups in total. The average molecular weight is 300 g/mol. The SMILES string of the molecule is CCNCc1occc1COc1ccc(Cl)c(Cl)c1. The second-order valence-corrected chi connectivity index (χ2v) is 4.83. The third-order valence-corrected chi connectivity index (χ3v) is 3.40. The van der Waals surface area contributed by atoms with Crippen LogP contribution in [0, 0.1) is 0 Å². The van der Waals surface area contributed by atoms with Gasteiger partial charge in [0.15, 0.2) is 0 Å². The minimum absolute atomic E-state index is 0.440. The molecular weight excluding hydrogens is 285 g/mol. The highest BCUT2D eigenvalue weighted by atomic mass is 35.5. The van der Waals surface area contributed by atoms with Crippen LogP contribution in [0.3, 0.4) is 0 Å². The summed E-state index contributed by atoms with van der Waals surface area (Å²) in [5.41, 5.74) is 1.02. The molecule has 0 amide bonds. The van der Waals surface area contributed by atoms with Crippen LogP contribution in [-0.4, -0.2) is 6.54 Å². The normalized spacial score (nSPS) is 10.7. The zero-order chi connectivity index (χ0) is 13.7. The van der Waals surface area contributed by atoms with Crippen LogP contribution in [0.15, 0.2) is 34.9 Å². The molecule has 0 saturated carbocycles. The quantitative estimate of drug-likeness (QED) is 0.865. The number of hydrogen-bond acceptors (Lipinski definition) is 3. The molecule has 2 rings (SSSR count). The maximum atomic E-state index is 5.93. The van der Waals surface area contributed by atoms with E-state index < -0.39 is 0 Å². The lowest BCUT2D eigenvalue weighted by molar-refractivity contribution is 0.301. The highest BCUT2D eigenvalue weighted by Crippen LogP contribution is 2.27. The molecule has 19 heavy (non-hydrogen) atoms. The van der Waals surface area contributed by atoms with Gasteiger partial charge in [-0.1, -0.05) is 30.1 Å². The van der Waals surface area contributed by atoms with Crippen molar-refractivity contribution in [2.24, 2.45) is 0 Å². The van der Waals surface area contributed by atoms with Gasteiger partial charge in [0.2, 0.25) is 0 Å². The van der Waals surface area contributed by atoms with Crippen LogP contribution in [0.2, 0.25) is 10.0 Å². The van der Waals surface area contributed by atoms with E-state index in [1.54, 1.807) is 24.5 Å². The number of furan rings is 1. The largest absolute Gasteiger partial charge is 0.489 e. The summed E-state index contributed by atoms with van der Waals surface area (Å²) in [6.45, 7) is 4.08. The first-order valence-corrected chi connectivity index (χ1v) is 6.80. The molecule has 0 radical (unpaired) electrons. The molecule has 1 aromatic heterocycles. The molecule has 1 aromatic carbocycles. The predicted molar refractivity (Wildman–Crippen MR) is 76.9 cm³/mol. The Labute approximate surface area is 122 Å². The maximum absolute atomic E-state index is 5.93. The molecular formula is C14H15Cl2NO2. The molecule has 1 heterocycles. The Kier molecular flexibility index (Phi) is 5.14. The van der Waals surface area contributed by atoms with E-state index in [0.717, 1.165) is 17.9 Å². The Hall–Kier alpha value is -1.16. The standard InChI is InChI=1S/C14H15Cl2NO2/c1-2-17-8-14-10(5-6-18-14)9-19-11-3-4-12(15)13(16)7-11/h3-7,17H,2,8-9H2,1H3. The van der Waals surface area contributed by atoms with Crippen molar-refractivity contribution in [2.75, 3.05) is 6.54 Å². The third kappa shape index (κ3) is 3.90. The highest BCUT2D eigenvalue weighted by Gasteiger charge is 2.07. The fourth-order valence-electron chi connectivity index (χ4n) is 1.62. The van der Waals surface area contributed by atoms with Gasteiger partial charge in [0, 0.05) is 11.6 Å². The van der Waals surface area contributed by atoms with Gasteiger partial charge in [-0.2, -0.15) is 0 Å². The van der Waals surface area contributed by atoms with Crippen LogP contribution >= 0.6 is 23.2 Å². The molecule has 0 spiro atoms. The summed E-state index contributed by atoms with van der Waals surface area (Å²) in [6, 6.07) is 7.12. The van der Waals surface area contributed by atoms with Crippen molar-refractivity contribution in [3.8, 4) is 5.75 Å². The van der Waals surface area contributed by atoms with E-state index in [0.29, 0.717) is 28.9 Å². The lowest BCUT2D eigenvalue weighted by Crippen LogP contribution is -2.12. The molecule has 0 bridgehead atoms. The van der Waals surface area contributed by atoms with Gasteiger partial charge < -0.3 is 14.5 Å². The molecule has 0 fully saturated rings. The Balaban J connectivity index is 1.98. The number of benzene rings is 1. The topological polar surface area (TPSA) is 34.4 Å². The lowest BCUT2D eigenvalue weighted by atomic mass is 10.2. The third-order valence-electron chi connectivity index (χ3n) is 2.66. The summed E-state index contributed by atoms with van der Waals surface area (Å²) in [7, 11) is 0. The van der Waals surface area contributed by atoms with Crippen molar-refractivity contribution >= 4 is 23.2 Å². The Morgan fingerprint density at radius 3 is 2.79 bits per heavy atom. The van der Waals surface area contributed by atoms with Crippen molar-refractivity contribution in [1.29, 1.82) is 0 Å². The molecule has 102 valence electrons. The van der Waals surface area contributed by atoms with Crippen LogP contribution in [0.25, 0.3) is 0 Å². The van der Waals surface area contributed by atoms with E-state index in [2.05, 4.69) is 12.2 Å². The first-order chi connectivity index (χ1) is 9.20. The van der Waals surface area contributed by atoms with Crippen LogP contribution in [0.4, 0.5) is 0 Å². The number of ether oxygens (including phenoxy) is 1. The van der Waals surface area contributed by atoms with Gasteiger partial charge in [-0.05, 0) is 24.7 Å². The van der Waals surface area contributed by atoms with Gasteiger partial charge in [0.25, 0.3) is 0 Å². The molecule has 2 aromatic rings. The molecule has 5 heteroatoms. The second-order valence-electron chi connectivity index (χ2n) is 4.01. The van der Waals surface area contributed by atoms with Crippen LogP contribution in [0.1, 0.15) is 18.2 Å². The number of nitrogens with one attached hydrogen (secondary N) is 1. The molecule has 0 aliphatic carbocycles. The van der Waals surface area contributed by atoms with Crippen LogP contribution in [-0.2, 0) is 13.2 Å². The minimum Gasteiger partial charge on any atom is -0.489 e. The summed E-state index contributed by atoms with van der Waals surface area (Å²) in [4.78, 5) is 0. The van der Waals surface area contributed by atoms with Crippen molar-refractivity contribution in [2.45, 2.75) is 20.1 Å². The number of rotatable bonds is 6. The smallest absolute Gasteiger partial charge is 0.124 e. The van der Waals surface area contributed by atoms with E-state index in [-0.39, 0.29) is 0 Å². The summed E-state index contributed by atoms with van der Waals surface area (Å²) in [5.74, 6) is 1.58. The molecule has 0 aliphatic rings. The fraction of sp³-hybridized carbons (Fsp3) is 0.286. The highest BCUT2D eigenvalue weighted by molar-refractivity contribution is 6.42. The monoisotopic (exact) mass is 299 g/mol. The van der Waals surface area contributed by atoms with Crippen molar-refractivity contribution in [3.05, 3.63) is 51.9 Å². The van der Waals surface area contributed by atoms with E-state index in [1.165, 1.54) is 0 Å². The Morgan fingerprint density at radius 1 is 1.21 bits per heavy atom. The first kappa shape index (κ1) is 14.3. The van der Waals surface area contributed by atoms with Gasteiger partial charge in [0.1, 0.15) is 18.1 Å². The van der Waals surface area contributed by atoms with E-state index in [1.807, 2.05) is 6.07 Å². The number of hydrogen-bond donors (Lipinski definition) is 1. The van der Waals surface area contributed by atoms with E-state index >= 15 is 0 Å². The van der Waals surface area contributed by atoms with Crippen molar-refractivity contribution in [1.82, 2.24) is 5.32 Å². The molecule has 0 atom stereocenters. The van der Waals surface area contributed by atoms with Crippen LogP contribution < -0.4 is 10.1 Å².